The molecule has 10 heteroatoms. The molecule has 0 aliphatic carbocycles. The highest BCUT2D eigenvalue weighted by molar-refractivity contribution is 5.87. The number of urea groups is 1. The molecule has 2 aromatic rings. The lowest BCUT2D eigenvalue weighted by Crippen LogP contribution is -2.55. The number of ether oxygens (including phenoxy) is 1. The molecule has 0 radical (unpaired) electrons. The number of carbonyl (C=O) groups is 3. The Morgan fingerprint density at radius 1 is 1.24 bits per heavy atom. The van der Waals surface area contributed by atoms with Crippen LogP contribution in [0.15, 0.2) is 36.8 Å². The number of carboxylic acids is 1. The number of carbonyl (C=O) groups excluding carboxylic acids is 2. The fraction of sp³-hybridized carbons (Fsp3) is 0.500. The van der Waals surface area contributed by atoms with Crippen LogP contribution >= 0.6 is 0 Å². The van der Waals surface area contributed by atoms with E-state index in [1.165, 1.54) is 0 Å². The van der Waals surface area contributed by atoms with Crippen molar-refractivity contribution in [3.05, 3.63) is 48.0 Å². The lowest BCUT2D eigenvalue weighted by atomic mass is 9.76. The Kier molecular flexibility index (Phi) is 8.50. The molecule has 3 rings (SSSR count). The van der Waals surface area contributed by atoms with Crippen molar-refractivity contribution in [3.63, 3.8) is 0 Å². The second kappa shape index (κ2) is 11.5. The molecular formula is C24H33N5O5. The molecule has 1 atom stereocenters. The molecular weight excluding hydrogens is 438 g/mol. The maximum absolute atomic E-state index is 13.4. The van der Waals surface area contributed by atoms with Gasteiger partial charge in [0.2, 0.25) is 5.91 Å². The average molecular weight is 472 g/mol. The highest BCUT2D eigenvalue weighted by Crippen LogP contribution is 2.35. The van der Waals surface area contributed by atoms with Crippen LogP contribution in [0.25, 0.3) is 0 Å². The van der Waals surface area contributed by atoms with Crippen LogP contribution in [0.5, 0.6) is 5.75 Å². The van der Waals surface area contributed by atoms with E-state index in [4.69, 9.17) is 4.74 Å². The quantitative estimate of drug-likeness (QED) is 0.418. The van der Waals surface area contributed by atoms with Gasteiger partial charge in [-0.15, -0.1) is 0 Å². The number of nitrogens with one attached hydrogen (secondary N) is 3. The molecule has 34 heavy (non-hydrogen) atoms. The summed E-state index contributed by atoms with van der Waals surface area (Å²) < 4.78 is 5.20. The standard InChI is InChI=1S/C24H33N5O5/c1-3-24(22(31)32)9-12-29(13-10-24)21(30)20(14-17-4-6-19(34-2)7-5-17)28-23(33)26-11-8-18-15-25-16-27-18/h4-7,15-16,20H,3,8-14H2,1-2H3,(H,25,27)(H,31,32)(H2,26,28,33). The summed E-state index contributed by atoms with van der Waals surface area (Å²) in [5.74, 6) is -0.321. The second-order valence-electron chi connectivity index (χ2n) is 8.60. The molecule has 1 aromatic heterocycles. The molecule has 1 unspecified atom stereocenters. The van der Waals surface area contributed by atoms with E-state index in [0.29, 0.717) is 57.5 Å². The number of aromatic nitrogens is 2. The predicted octanol–water partition coefficient (Wildman–Crippen LogP) is 1.97. The Balaban J connectivity index is 1.65. The number of benzene rings is 1. The van der Waals surface area contributed by atoms with Gasteiger partial charge in [0.15, 0.2) is 0 Å². The van der Waals surface area contributed by atoms with Gasteiger partial charge in [-0.1, -0.05) is 19.1 Å². The van der Waals surface area contributed by atoms with Crippen LogP contribution < -0.4 is 15.4 Å². The molecule has 10 nitrogen and oxygen atoms in total. The molecule has 1 fully saturated rings. The highest BCUT2D eigenvalue weighted by atomic mass is 16.5. The number of aromatic amines is 1. The maximum Gasteiger partial charge on any atom is 0.315 e. The Labute approximate surface area is 199 Å². The van der Waals surface area contributed by atoms with Crippen LogP contribution in [0.3, 0.4) is 0 Å². The van der Waals surface area contributed by atoms with Gasteiger partial charge in [0.05, 0.1) is 18.9 Å². The molecule has 1 aliphatic rings. The molecule has 0 saturated carbocycles. The predicted molar refractivity (Wildman–Crippen MR) is 125 cm³/mol. The number of rotatable bonds is 10. The summed E-state index contributed by atoms with van der Waals surface area (Å²) >= 11 is 0. The van der Waals surface area contributed by atoms with Crippen molar-refractivity contribution in [1.29, 1.82) is 0 Å². The zero-order valence-corrected chi connectivity index (χ0v) is 19.7. The fourth-order valence-corrected chi connectivity index (χ4v) is 4.23. The van der Waals surface area contributed by atoms with Crippen molar-refractivity contribution >= 4 is 17.9 Å². The minimum absolute atomic E-state index is 0.213. The number of H-pyrrole nitrogens is 1. The van der Waals surface area contributed by atoms with Gasteiger partial charge in [-0.2, -0.15) is 0 Å². The first-order valence-corrected chi connectivity index (χ1v) is 11.5. The molecule has 0 spiro atoms. The summed E-state index contributed by atoms with van der Waals surface area (Å²) in [6, 6.07) is 6.13. The number of hydrogen-bond donors (Lipinski definition) is 4. The first-order valence-electron chi connectivity index (χ1n) is 11.5. The number of hydrogen-bond acceptors (Lipinski definition) is 5. The van der Waals surface area contributed by atoms with E-state index in [-0.39, 0.29) is 5.91 Å². The summed E-state index contributed by atoms with van der Waals surface area (Å²) in [5.41, 5.74) is 0.986. The Bertz CT molecular complexity index is 953. The number of imidazole rings is 1. The van der Waals surface area contributed by atoms with E-state index in [0.717, 1.165) is 11.3 Å². The summed E-state index contributed by atoms with van der Waals surface area (Å²) in [4.78, 5) is 46.3. The van der Waals surface area contributed by atoms with Gasteiger partial charge in [-0.3, -0.25) is 9.59 Å². The first kappa shape index (κ1) is 25.1. The zero-order valence-electron chi connectivity index (χ0n) is 19.7. The third-order valence-corrected chi connectivity index (χ3v) is 6.60. The van der Waals surface area contributed by atoms with E-state index in [1.54, 1.807) is 24.5 Å². The van der Waals surface area contributed by atoms with Crippen LogP contribution in [-0.2, 0) is 22.4 Å². The van der Waals surface area contributed by atoms with E-state index in [9.17, 15) is 19.5 Å². The number of likely N-dealkylation sites (tertiary alicyclic amines) is 1. The summed E-state index contributed by atoms with van der Waals surface area (Å²) in [7, 11) is 1.58. The molecule has 184 valence electrons. The van der Waals surface area contributed by atoms with Gasteiger partial charge < -0.3 is 30.4 Å². The summed E-state index contributed by atoms with van der Waals surface area (Å²) in [5, 5.41) is 15.2. The Morgan fingerprint density at radius 3 is 2.50 bits per heavy atom. The van der Waals surface area contributed by atoms with Crippen molar-refractivity contribution < 1.29 is 24.2 Å². The Morgan fingerprint density at radius 2 is 1.94 bits per heavy atom. The van der Waals surface area contributed by atoms with Gasteiger partial charge in [-0.25, -0.2) is 9.78 Å². The van der Waals surface area contributed by atoms with Crippen LogP contribution in [-0.4, -0.2) is 70.7 Å². The van der Waals surface area contributed by atoms with Gasteiger partial charge in [-0.05, 0) is 37.0 Å². The maximum atomic E-state index is 13.4. The molecule has 0 bridgehead atoms. The zero-order chi connectivity index (χ0) is 24.6. The van der Waals surface area contributed by atoms with Gasteiger partial charge in [0.1, 0.15) is 11.8 Å². The molecule has 2 heterocycles. The van der Waals surface area contributed by atoms with Crippen LogP contribution in [0.1, 0.15) is 37.4 Å². The van der Waals surface area contributed by atoms with Crippen molar-refractivity contribution in [3.8, 4) is 5.75 Å². The van der Waals surface area contributed by atoms with Gasteiger partial charge >= 0.3 is 12.0 Å². The first-order chi connectivity index (χ1) is 16.4. The van der Waals surface area contributed by atoms with Crippen molar-refractivity contribution in [2.24, 2.45) is 5.41 Å². The molecule has 3 amide bonds. The van der Waals surface area contributed by atoms with Crippen LogP contribution in [0.4, 0.5) is 4.79 Å². The number of piperidine rings is 1. The topological polar surface area (TPSA) is 137 Å². The lowest BCUT2D eigenvalue weighted by molar-refractivity contribution is -0.155. The highest BCUT2D eigenvalue weighted by Gasteiger charge is 2.41. The van der Waals surface area contributed by atoms with Gasteiger partial charge in [0, 0.05) is 44.4 Å². The average Bonchev–Trinajstić information content (AvgIpc) is 3.37. The van der Waals surface area contributed by atoms with Crippen molar-refractivity contribution in [2.45, 2.75) is 45.1 Å². The van der Waals surface area contributed by atoms with Crippen LogP contribution in [0.2, 0.25) is 0 Å². The van der Waals surface area contributed by atoms with Gasteiger partial charge in [0.25, 0.3) is 0 Å². The molecule has 1 aliphatic heterocycles. The number of aliphatic carboxylic acids is 1. The second-order valence-corrected chi connectivity index (χ2v) is 8.60. The molecule has 1 saturated heterocycles. The third kappa shape index (κ3) is 6.27. The Hall–Kier alpha value is -3.56. The summed E-state index contributed by atoms with van der Waals surface area (Å²) in [6.45, 7) is 2.95. The van der Waals surface area contributed by atoms with Crippen LogP contribution in [0, 0.1) is 5.41 Å². The van der Waals surface area contributed by atoms with E-state index in [2.05, 4.69) is 20.6 Å². The van der Waals surface area contributed by atoms with E-state index >= 15 is 0 Å². The monoisotopic (exact) mass is 471 g/mol. The van der Waals surface area contributed by atoms with Crippen molar-refractivity contribution in [1.82, 2.24) is 25.5 Å². The SMILES string of the molecule is CCC1(C(=O)O)CCN(C(=O)C(Cc2ccc(OC)cc2)NC(=O)NCCc2cnc[nH]2)CC1. The largest absolute Gasteiger partial charge is 0.497 e. The lowest BCUT2D eigenvalue weighted by Gasteiger charge is -2.39. The van der Waals surface area contributed by atoms with E-state index in [1.807, 2.05) is 31.2 Å². The number of nitrogens with zero attached hydrogens (tertiary/aromatic N) is 2. The normalized spacial score (nSPS) is 15.9. The minimum Gasteiger partial charge on any atom is -0.497 e. The third-order valence-electron chi connectivity index (χ3n) is 6.60. The summed E-state index contributed by atoms with van der Waals surface area (Å²) in [6.07, 6.45) is 5.49. The minimum atomic E-state index is -0.813. The molecule has 4 N–H and O–H groups in total. The fourth-order valence-electron chi connectivity index (χ4n) is 4.23. The smallest absolute Gasteiger partial charge is 0.315 e. The van der Waals surface area contributed by atoms with E-state index < -0.39 is 23.5 Å². The number of carboxylic acid groups (broad SMARTS) is 1. The van der Waals surface area contributed by atoms with Crippen molar-refractivity contribution in [2.75, 3.05) is 26.7 Å². The number of methoxy groups -OCH3 is 1. The number of amides is 3. The molecule has 1 aromatic carbocycles.